The van der Waals surface area contributed by atoms with Crippen LogP contribution in [0.25, 0.3) is 10.8 Å². The van der Waals surface area contributed by atoms with Crippen LogP contribution in [-0.2, 0) is 0 Å². The minimum absolute atomic E-state index is 0.0609. The normalized spacial score (nSPS) is 18.9. The molecule has 1 aromatic heterocycles. The lowest BCUT2D eigenvalue weighted by molar-refractivity contribution is 0.434. The fourth-order valence-corrected chi connectivity index (χ4v) is 4.17. The molecule has 0 radical (unpaired) electrons. The first-order valence-electron chi connectivity index (χ1n) is 8.91. The molecule has 0 aliphatic carbocycles. The van der Waals surface area contributed by atoms with E-state index in [1.807, 2.05) is 4.68 Å². The standard InChI is InChI=1S/C21H18BrN5/c22-15-10-8-14(9-11-15)18-12-19(27-21(24-18)25-20(23)26-27)17-7-3-5-13-4-1-2-6-16(13)17/h1-11,18-19H,12H2,(H3,23,24,25,26)/t18-,19+/m1/s1. The number of nitrogens with one attached hydrogen (secondary N) is 1. The van der Waals surface area contributed by atoms with Crippen molar-refractivity contribution in [3.05, 3.63) is 82.3 Å². The van der Waals surface area contributed by atoms with E-state index in [9.17, 15) is 0 Å². The minimum Gasteiger partial charge on any atom is -0.366 e. The molecule has 0 saturated carbocycles. The van der Waals surface area contributed by atoms with Crippen molar-refractivity contribution < 1.29 is 0 Å². The van der Waals surface area contributed by atoms with Crippen LogP contribution < -0.4 is 11.1 Å². The summed E-state index contributed by atoms with van der Waals surface area (Å²) in [4.78, 5) is 4.41. The summed E-state index contributed by atoms with van der Waals surface area (Å²) in [7, 11) is 0. The molecule has 5 nitrogen and oxygen atoms in total. The van der Waals surface area contributed by atoms with Gasteiger partial charge < -0.3 is 11.1 Å². The Hall–Kier alpha value is -2.86. The lowest BCUT2D eigenvalue weighted by atomic mass is 9.90. The average molecular weight is 420 g/mol. The van der Waals surface area contributed by atoms with Gasteiger partial charge in [0.25, 0.3) is 0 Å². The van der Waals surface area contributed by atoms with Gasteiger partial charge in [0.1, 0.15) is 0 Å². The summed E-state index contributed by atoms with van der Waals surface area (Å²) >= 11 is 3.51. The molecule has 3 N–H and O–H groups in total. The Labute approximate surface area is 165 Å². The topological polar surface area (TPSA) is 68.8 Å². The summed E-state index contributed by atoms with van der Waals surface area (Å²) in [6.07, 6.45) is 0.867. The Morgan fingerprint density at radius 1 is 1.00 bits per heavy atom. The van der Waals surface area contributed by atoms with Crippen LogP contribution in [0.3, 0.4) is 0 Å². The van der Waals surface area contributed by atoms with Crippen molar-refractivity contribution in [1.29, 1.82) is 0 Å². The molecule has 1 aliphatic heterocycles. The first-order chi connectivity index (χ1) is 13.2. The zero-order valence-corrected chi connectivity index (χ0v) is 16.1. The van der Waals surface area contributed by atoms with Gasteiger partial charge in [-0.2, -0.15) is 4.98 Å². The van der Waals surface area contributed by atoms with E-state index in [1.165, 1.54) is 21.9 Å². The van der Waals surface area contributed by atoms with Crippen molar-refractivity contribution in [2.75, 3.05) is 11.1 Å². The summed E-state index contributed by atoms with van der Waals surface area (Å²) in [5, 5.41) is 10.4. The van der Waals surface area contributed by atoms with Crippen LogP contribution in [0.4, 0.5) is 11.9 Å². The molecular weight excluding hydrogens is 402 g/mol. The van der Waals surface area contributed by atoms with Crippen molar-refractivity contribution in [3.8, 4) is 0 Å². The molecule has 0 saturated heterocycles. The highest BCUT2D eigenvalue weighted by Crippen LogP contribution is 2.40. The second-order valence-corrected chi connectivity index (χ2v) is 7.72. The summed E-state index contributed by atoms with van der Waals surface area (Å²) in [5.74, 6) is 1.00. The van der Waals surface area contributed by atoms with Gasteiger partial charge in [0.15, 0.2) is 0 Å². The molecule has 3 aromatic carbocycles. The van der Waals surface area contributed by atoms with Gasteiger partial charge in [-0.05, 0) is 40.5 Å². The lowest BCUT2D eigenvalue weighted by Gasteiger charge is -2.32. The van der Waals surface area contributed by atoms with Gasteiger partial charge in [0.05, 0.1) is 12.1 Å². The van der Waals surface area contributed by atoms with Crippen molar-refractivity contribution in [3.63, 3.8) is 0 Å². The fourth-order valence-electron chi connectivity index (χ4n) is 3.91. The molecule has 134 valence electrons. The first-order valence-corrected chi connectivity index (χ1v) is 9.70. The van der Waals surface area contributed by atoms with E-state index in [1.54, 1.807) is 0 Å². The number of nitrogens with two attached hydrogens (primary N) is 1. The van der Waals surface area contributed by atoms with Crippen LogP contribution in [0.15, 0.2) is 71.2 Å². The Morgan fingerprint density at radius 2 is 1.78 bits per heavy atom. The predicted molar refractivity (Wildman–Crippen MR) is 112 cm³/mol. The van der Waals surface area contributed by atoms with Crippen molar-refractivity contribution in [2.24, 2.45) is 0 Å². The molecule has 4 aromatic rings. The maximum absolute atomic E-state index is 5.93. The van der Waals surface area contributed by atoms with E-state index in [4.69, 9.17) is 5.73 Å². The number of rotatable bonds is 2. The Balaban J connectivity index is 1.64. The third kappa shape index (κ3) is 2.86. The second-order valence-electron chi connectivity index (χ2n) is 6.81. The molecule has 2 atom stereocenters. The molecule has 27 heavy (non-hydrogen) atoms. The smallest absolute Gasteiger partial charge is 0.241 e. The zero-order chi connectivity index (χ0) is 18.4. The van der Waals surface area contributed by atoms with Gasteiger partial charge in [-0.25, -0.2) is 4.68 Å². The maximum Gasteiger partial charge on any atom is 0.241 e. The highest BCUT2D eigenvalue weighted by molar-refractivity contribution is 9.10. The fraction of sp³-hybridized carbons (Fsp3) is 0.143. The summed E-state index contributed by atoms with van der Waals surface area (Å²) in [6, 6.07) is 23.5. The second kappa shape index (κ2) is 6.39. The SMILES string of the molecule is Nc1nc2n(n1)[C@H](c1cccc3ccccc13)C[C@H](c1ccc(Br)cc1)N2. The van der Waals surface area contributed by atoms with Crippen LogP contribution >= 0.6 is 15.9 Å². The third-order valence-electron chi connectivity index (χ3n) is 5.16. The first kappa shape index (κ1) is 16.3. The van der Waals surface area contributed by atoms with Gasteiger partial charge in [0.2, 0.25) is 11.9 Å². The van der Waals surface area contributed by atoms with Gasteiger partial charge >= 0.3 is 0 Å². The predicted octanol–water partition coefficient (Wildman–Crippen LogP) is 4.92. The number of hydrogen-bond donors (Lipinski definition) is 2. The number of hydrogen-bond acceptors (Lipinski definition) is 4. The number of benzene rings is 3. The molecule has 0 spiro atoms. The Kier molecular flexibility index (Phi) is 3.86. The van der Waals surface area contributed by atoms with Gasteiger partial charge in [-0.1, -0.05) is 70.5 Å². The van der Waals surface area contributed by atoms with Crippen LogP contribution in [0, 0.1) is 0 Å². The average Bonchev–Trinajstić information content (AvgIpc) is 3.07. The van der Waals surface area contributed by atoms with Crippen molar-refractivity contribution in [1.82, 2.24) is 14.8 Å². The lowest BCUT2D eigenvalue weighted by Crippen LogP contribution is -2.28. The monoisotopic (exact) mass is 419 g/mol. The molecule has 0 amide bonds. The zero-order valence-electron chi connectivity index (χ0n) is 14.5. The highest BCUT2D eigenvalue weighted by atomic mass is 79.9. The highest BCUT2D eigenvalue weighted by Gasteiger charge is 2.31. The van der Waals surface area contributed by atoms with E-state index < -0.39 is 0 Å². The minimum atomic E-state index is 0.0609. The van der Waals surface area contributed by atoms with E-state index in [2.05, 4.69) is 98.1 Å². The maximum atomic E-state index is 5.93. The Morgan fingerprint density at radius 3 is 2.63 bits per heavy atom. The molecule has 1 aliphatic rings. The molecule has 0 unspecified atom stereocenters. The number of anilines is 2. The number of nitrogens with zero attached hydrogens (tertiary/aromatic N) is 3. The number of nitrogen functional groups attached to an aromatic ring is 1. The molecule has 2 heterocycles. The largest absolute Gasteiger partial charge is 0.366 e. The van der Waals surface area contributed by atoms with Gasteiger partial charge in [-0.15, -0.1) is 5.10 Å². The molecule has 6 heteroatoms. The number of halogens is 1. The summed E-state index contributed by atoms with van der Waals surface area (Å²) < 4.78 is 2.99. The van der Waals surface area contributed by atoms with Crippen molar-refractivity contribution in [2.45, 2.75) is 18.5 Å². The number of fused-ring (bicyclic) bond motifs is 2. The quantitative estimate of drug-likeness (QED) is 0.483. The number of aromatic nitrogens is 3. The van der Waals surface area contributed by atoms with Gasteiger partial charge in [-0.3, -0.25) is 0 Å². The molecule has 0 fully saturated rings. The van der Waals surface area contributed by atoms with Crippen LogP contribution in [0.1, 0.15) is 29.6 Å². The van der Waals surface area contributed by atoms with E-state index in [-0.39, 0.29) is 12.1 Å². The molecule has 0 bridgehead atoms. The van der Waals surface area contributed by atoms with Crippen LogP contribution in [0.5, 0.6) is 0 Å². The van der Waals surface area contributed by atoms with Crippen molar-refractivity contribution >= 4 is 38.6 Å². The molecule has 5 rings (SSSR count). The van der Waals surface area contributed by atoms with Crippen LogP contribution in [-0.4, -0.2) is 14.8 Å². The molecular formula is C21H18BrN5. The van der Waals surface area contributed by atoms with Crippen LogP contribution in [0.2, 0.25) is 0 Å². The van der Waals surface area contributed by atoms with E-state index in [0.717, 1.165) is 10.9 Å². The Bertz CT molecular complexity index is 1110. The summed E-state index contributed by atoms with van der Waals surface area (Å²) in [6.45, 7) is 0. The summed E-state index contributed by atoms with van der Waals surface area (Å²) in [5.41, 5.74) is 8.38. The third-order valence-corrected chi connectivity index (χ3v) is 5.69. The van der Waals surface area contributed by atoms with Gasteiger partial charge in [0, 0.05) is 4.47 Å². The van der Waals surface area contributed by atoms with E-state index in [0.29, 0.717) is 11.9 Å². The van der Waals surface area contributed by atoms with E-state index >= 15 is 0 Å².